The number of anilines is 3. The minimum Gasteiger partial charge on any atom is -0.445 e. The number of amides is 2. The molecule has 0 bridgehead atoms. The van der Waals surface area contributed by atoms with Crippen molar-refractivity contribution >= 4 is 35.0 Å². The summed E-state index contributed by atoms with van der Waals surface area (Å²) in [6.07, 6.45) is 4.70. The van der Waals surface area contributed by atoms with E-state index in [-0.39, 0.29) is 30.4 Å². The maximum Gasteiger partial charge on any atom is 0.407 e. The fourth-order valence-electron chi connectivity index (χ4n) is 4.05. The molecule has 0 unspecified atom stereocenters. The highest BCUT2D eigenvalue weighted by atomic mass is 16.5. The highest BCUT2D eigenvalue weighted by Gasteiger charge is 2.18. The average Bonchev–Trinajstić information content (AvgIpc) is 2.97. The number of benzene rings is 2. The summed E-state index contributed by atoms with van der Waals surface area (Å²) in [4.78, 5) is 51.1. The maximum atomic E-state index is 13.1. The van der Waals surface area contributed by atoms with Crippen LogP contribution in [0.15, 0.2) is 79.3 Å². The van der Waals surface area contributed by atoms with Crippen molar-refractivity contribution in [2.45, 2.75) is 20.0 Å². The van der Waals surface area contributed by atoms with Crippen molar-refractivity contribution in [3.05, 3.63) is 96.1 Å². The molecular weight excluding hydrogens is 522 g/mol. The standard InChI is InChI=1S/C30H31N7O4/c1-20(38)18-37(2)26-13-14-32-16-25(26)36-29(39)27-28(31)34-17-24(35-27)23-10-8-21(9-11-23)12-15-33-30(40)41-19-22-6-4-3-5-7-22/h3-11,13-14,16-17H,12,15,18-19H2,1-2H3,(H2,31,34)(H,33,40)(H,36,39). The van der Waals surface area contributed by atoms with Gasteiger partial charge in [-0.3, -0.25) is 14.6 Å². The number of nitrogens with one attached hydrogen (secondary N) is 2. The van der Waals surface area contributed by atoms with Crippen LogP contribution in [0.5, 0.6) is 0 Å². The molecule has 11 heteroatoms. The van der Waals surface area contributed by atoms with Crippen LogP contribution in [0.2, 0.25) is 0 Å². The molecule has 0 aliphatic rings. The number of likely N-dealkylation sites (N-methyl/N-ethyl adjacent to an activating group) is 1. The number of carbonyl (C=O) groups is 3. The topological polar surface area (TPSA) is 152 Å². The Kier molecular flexibility index (Phi) is 9.55. The first-order valence-electron chi connectivity index (χ1n) is 12.9. The molecule has 210 valence electrons. The molecule has 0 saturated carbocycles. The number of aromatic nitrogens is 3. The van der Waals surface area contributed by atoms with Gasteiger partial charge in [0.2, 0.25) is 0 Å². The fraction of sp³-hybridized carbons (Fsp3) is 0.200. The summed E-state index contributed by atoms with van der Waals surface area (Å²) >= 11 is 0. The van der Waals surface area contributed by atoms with Crippen LogP contribution in [0.3, 0.4) is 0 Å². The molecule has 4 aromatic rings. The lowest BCUT2D eigenvalue weighted by Crippen LogP contribution is -2.26. The third kappa shape index (κ3) is 8.09. The molecule has 0 spiro atoms. The zero-order chi connectivity index (χ0) is 29.2. The fourth-order valence-corrected chi connectivity index (χ4v) is 4.05. The zero-order valence-electron chi connectivity index (χ0n) is 22.8. The van der Waals surface area contributed by atoms with Crippen molar-refractivity contribution in [2.24, 2.45) is 0 Å². The molecule has 0 aliphatic carbocycles. The van der Waals surface area contributed by atoms with Gasteiger partial charge in [0.25, 0.3) is 5.91 Å². The van der Waals surface area contributed by atoms with Crippen LogP contribution >= 0.6 is 0 Å². The number of hydrogen-bond acceptors (Lipinski definition) is 9. The summed E-state index contributed by atoms with van der Waals surface area (Å²) in [5.41, 5.74) is 10.1. The molecule has 0 radical (unpaired) electrons. The van der Waals surface area contributed by atoms with Crippen molar-refractivity contribution in [1.82, 2.24) is 20.3 Å². The van der Waals surface area contributed by atoms with E-state index in [1.54, 1.807) is 24.2 Å². The van der Waals surface area contributed by atoms with Crippen molar-refractivity contribution in [3.8, 4) is 11.3 Å². The Balaban J connectivity index is 1.36. The van der Waals surface area contributed by atoms with E-state index >= 15 is 0 Å². The largest absolute Gasteiger partial charge is 0.445 e. The van der Waals surface area contributed by atoms with Gasteiger partial charge in [-0.05, 0) is 30.5 Å². The minimum atomic E-state index is -0.552. The number of ether oxygens (including phenoxy) is 1. The number of hydrogen-bond donors (Lipinski definition) is 3. The highest BCUT2D eigenvalue weighted by Crippen LogP contribution is 2.25. The lowest BCUT2D eigenvalue weighted by atomic mass is 10.1. The Bertz CT molecular complexity index is 1510. The number of carbonyl (C=O) groups excluding carboxylic acids is 3. The van der Waals surface area contributed by atoms with Gasteiger partial charge in [-0.1, -0.05) is 54.6 Å². The van der Waals surface area contributed by atoms with Crippen molar-refractivity contribution in [1.29, 1.82) is 0 Å². The van der Waals surface area contributed by atoms with Crippen molar-refractivity contribution in [3.63, 3.8) is 0 Å². The van der Waals surface area contributed by atoms with Gasteiger partial charge in [0.05, 0.1) is 36.0 Å². The monoisotopic (exact) mass is 553 g/mol. The van der Waals surface area contributed by atoms with E-state index in [4.69, 9.17) is 10.5 Å². The molecule has 2 amide bonds. The molecule has 2 heterocycles. The van der Waals surface area contributed by atoms with E-state index in [1.807, 2.05) is 54.6 Å². The van der Waals surface area contributed by atoms with Crippen LogP contribution in [0.4, 0.5) is 22.0 Å². The van der Waals surface area contributed by atoms with Crippen LogP contribution in [0, 0.1) is 0 Å². The van der Waals surface area contributed by atoms with Crippen LogP contribution in [0.25, 0.3) is 11.3 Å². The second-order valence-electron chi connectivity index (χ2n) is 9.33. The number of pyridine rings is 1. The molecule has 2 aromatic heterocycles. The van der Waals surface area contributed by atoms with Crippen LogP contribution in [-0.2, 0) is 22.6 Å². The van der Waals surface area contributed by atoms with Crippen LogP contribution < -0.4 is 21.3 Å². The van der Waals surface area contributed by atoms with E-state index in [1.165, 1.54) is 19.3 Å². The number of nitrogens with two attached hydrogens (primary N) is 1. The van der Waals surface area contributed by atoms with Gasteiger partial charge < -0.3 is 26.0 Å². The van der Waals surface area contributed by atoms with Gasteiger partial charge in [0.15, 0.2) is 11.5 Å². The van der Waals surface area contributed by atoms with Crippen LogP contribution in [-0.4, -0.2) is 52.9 Å². The Labute approximate surface area is 237 Å². The van der Waals surface area contributed by atoms with Gasteiger partial charge in [-0.25, -0.2) is 14.8 Å². The van der Waals surface area contributed by atoms with E-state index in [9.17, 15) is 14.4 Å². The second kappa shape index (κ2) is 13.7. The Morgan fingerprint density at radius 3 is 2.46 bits per heavy atom. The number of alkyl carbamates (subject to hydrolysis) is 1. The number of nitrogens with zero attached hydrogens (tertiary/aromatic N) is 4. The predicted octanol–water partition coefficient (Wildman–Crippen LogP) is 3.87. The minimum absolute atomic E-state index is 0.0179. The molecular formula is C30H31N7O4. The van der Waals surface area contributed by atoms with Gasteiger partial charge in [-0.2, -0.15) is 0 Å². The van der Waals surface area contributed by atoms with E-state index in [2.05, 4.69) is 25.6 Å². The number of nitrogen functional groups attached to an aromatic ring is 1. The Hall–Kier alpha value is -5.32. The Morgan fingerprint density at radius 1 is 0.976 bits per heavy atom. The highest BCUT2D eigenvalue weighted by molar-refractivity contribution is 6.07. The lowest BCUT2D eigenvalue weighted by molar-refractivity contribution is -0.115. The maximum absolute atomic E-state index is 13.1. The summed E-state index contributed by atoms with van der Waals surface area (Å²) in [7, 11) is 1.75. The first-order chi connectivity index (χ1) is 19.8. The number of ketones is 1. The molecule has 4 N–H and O–H groups in total. The lowest BCUT2D eigenvalue weighted by Gasteiger charge is -2.21. The van der Waals surface area contributed by atoms with Gasteiger partial charge in [0.1, 0.15) is 12.4 Å². The number of rotatable bonds is 11. The summed E-state index contributed by atoms with van der Waals surface area (Å²) < 4.78 is 5.23. The smallest absolute Gasteiger partial charge is 0.407 e. The molecule has 11 nitrogen and oxygen atoms in total. The summed E-state index contributed by atoms with van der Waals surface area (Å²) in [5.74, 6) is -0.590. The normalized spacial score (nSPS) is 10.5. The van der Waals surface area contributed by atoms with Gasteiger partial charge in [0, 0.05) is 25.4 Å². The predicted molar refractivity (Wildman–Crippen MR) is 156 cm³/mol. The van der Waals surface area contributed by atoms with Crippen LogP contribution in [0.1, 0.15) is 28.5 Å². The molecule has 2 aromatic carbocycles. The second-order valence-corrected chi connectivity index (χ2v) is 9.33. The first-order valence-corrected chi connectivity index (χ1v) is 12.9. The third-order valence-electron chi connectivity index (χ3n) is 6.08. The molecule has 0 atom stereocenters. The van der Waals surface area contributed by atoms with E-state index in [0.29, 0.717) is 30.0 Å². The summed E-state index contributed by atoms with van der Waals surface area (Å²) in [5, 5.41) is 5.53. The van der Waals surface area contributed by atoms with Gasteiger partial charge >= 0.3 is 6.09 Å². The summed E-state index contributed by atoms with van der Waals surface area (Å²) in [6, 6.07) is 18.7. The quantitative estimate of drug-likeness (QED) is 0.251. The Morgan fingerprint density at radius 2 is 1.73 bits per heavy atom. The first kappa shape index (κ1) is 28.7. The summed E-state index contributed by atoms with van der Waals surface area (Å²) in [6.45, 7) is 2.29. The van der Waals surface area contributed by atoms with Crippen molar-refractivity contribution < 1.29 is 19.1 Å². The van der Waals surface area contributed by atoms with Gasteiger partial charge in [-0.15, -0.1) is 0 Å². The van der Waals surface area contributed by atoms with E-state index in [0.717, 1.165) is 16.7 Å². The van der Waals surface area contributed by atoms with Crippen molar-refractivity contribution in [2.75, 3.05) is 36.1 Å². The SMILES string of the molecule is CC(=O)CN(C)c1ccncc1NC(=O)c1nc(-c2ccc(CCNC(=O)OCc3ccccc3)cc2)cnc1N. The zero-order valence-corrected chi connectivity index (χ0v) is 22.8. The number of Topliss-reactive ketones (excluding diaryl/α,β-unsaturated/α-hetero) is 1. The van der Waals surface area contributed by atoms with E-state index < -0.39 is 12.0 Å². The molecule has 0 fully saturated rings. The molecule has 4 rings (SSSR count). The average molecular weight is 554 g/mol. The molecule has 41 heavy (non-hydrogen) atoms. The molecule has 0 aliphatic heterocycles. The molecule has 0 saturated heterocycles. The third-order valence-corrected chi connectivity index (χ3v) is 6.08.